The summed E-state index contributed by atoms with van der Waals surface area (Å²) in [5.74, 6) is 0. The molecule has 1 aromatic rings. The van der Waals surface area contributed by atoms with Crippen LogP contribution in [0.15, 0.2) is 24.3 Å². The summed E-state index contributed by atoms with van der Waals surface area (Å²) in [7, 11) is 1.84. The normalized spacial score (nSPS) is 23.1. The first-order valence-electron chi connectivity index (χ1n) is 7.84. The average molecular weight is 276 g/mol. The largest absolute Gasteiger partial charge is 0.398 e. The second-order valence-corrected chi connectivity index (χ2v) is 5.85. The van der Waals surface area contributed by atoms with Crippen molar-refractivity contribution in [2.75, 3.05) is 19.4 Å². The lowest BCUT2D eigenvalue weighted by Gasteiger charge is -2.37. The molecule has 2 rings (SSSR count). The molecule has 0 amide bonds. The summed E-state index contributed by atoms with van der Waals surface area (Å²) in [6, 6.07) is 8.86. The Hall–Kier alpha value is -1.06. The zero-order valence-corrected chi connectivity index (χ0v) is 12.8. The van der Waals surface area contributed by atoms with Gasteiger partial charge in [-0.3, -0.25) is 4.90 Å². The van der Waals surface area contributed by atoms with E-state index in [0.717, 1.165) is 25.2 Å². The predicted molar refractivity (Wildman–Crippen MR) is 84.6 cm³/mol. The third-order valence-electron chi connectivity index (χ3n) is 4.39. The summed E-state index contributed by atoms with van der Waals surface area (Å²) in [5.41, 5.74) is 8.26. The third-order valence-corrected chi connectivity index (χ3v) is 4.39. The van der Waals surface area contributed by atoms with Gasteiger partial charge in [-0.1, -0.05) is 25.1 Å². The molecule has 1 aromatic carbocycles. The molecule has 3 nitrogen and oxygen atoms in total. The molecule has 0 spiro atoms. The summed E-state index contributed by atoms with van der Waals surface area (Å²) in [6.45, 7) is 4.34. The third kappa shape index (κ3) is 3.97. The molecule has 0 aromatic heterocycles. The van der Waals surface area contributed by atoms with Gasteiger partial charge in [-0.25, -0.2) is 0 Å². The maximum atomic E-state index is 6.10. The zero-order chi connectivity index (χ0) is 14.4. The molecule has 2 N–H and O–H groups in total. The van der Waals surface area contributed by atoms with Crippen molar-refractivity contribution in [1.29, 1.82) is 0 Å². The van der Waals surface area contributed by atoms with Crippen LogP contribution in [0.2, 0.25) is 0 Å². The molecule has 112 valence electrons. The van der Waals surface area contributed by atoms with Gasteiger partial charge in [0, 0.05) is 25.4 Å². The summed E-state index contributed by atoms with van der Waals surface area (Å²) in [4.78, 5) is 2.59. The van der Waals surface area contributed by atoms with E-state index < -0.39 is 0 Å². The SMILES string of the molecule is CCCN(Cc1ccccc1N)C1CCCC(OC)C1. The minimum atomic E-state index is 0.432. The van der Waals surface area contributed by atoms with Crippen LogP contribution in [0.1, 0.15) is 44.6 Å². The Labute approximate surface area is 123 Å². The van der Waals surface area contributed by atoms with Crippen LogP contribution in [0.5, 0.6) is 0 Å². The lowest BCUT2D eigenvalue weighted by Crippen LogP contribution is -2.40. The smallest absolute Gasteiger partial charge is 0.0586 e. The van der Waals surface area contributed by atoms with Gasteiger partial charge in [0.05, 0.1) is 6.10 Å². The maximum absolute atomic E-state index is 6.10. The number of hydrogen-bond acceptors (Lipinski definition) is 3. The van der Waals surface area contributed by atoms with E-state index in [-0.39, 0.29) is 0 Å². The molecule has 1 fully saturated rings. The molecule has 0 aliphatic heterocycles. The molecule has 1 aliphatic carbocycles. The molecule has 0 radical (unpaired) electrons. The van der Waals surface area contributed by atoms with Gasteiger partial charge in [0.1, 0.15) is 0 Å². The minimum Gasteiger partial charge on any atom is -0.398 e. The first kappa shape index (κ1) is 15.3. The summed E-state index contributed by atoms with van der Waals surface area (Å²) < 4.78 is 5.57. The number of anilines is 1. The fraction of sp³-hybridized carbons (Fsp3) is 0.647. The van der Waals surface area contributed by atoms with Gasteiger partial charge in [-0.15, -0.1) is 0 Å². The highest BCUT2D eigenvalue weighted by Crippen LogP contribution is 2.27. The van der Waals surface area contributed by atoms with Crippen molar-refractivity contribution in [1.82, 2.24) is 4.90 Å². The molecule has 2 unspecified atom stereocenters. The number of nitrogens with two attached hydrogens (primary N) is 1. The number of methoxy groups -OCH3 is 1. The second-order valence-electron chi connectivity index (χ2n) is 5.85. The fourth-order valence-electron chi connectivity index (χ4n) is 3.24. The van der Waals surface area contributed by atoms with E-state index in [1.54, 1.807) is 0 Å². The minimum absolute atomic E-state index is 0.432. The van der Waals surface area contributed by atoms with Crippen molar-refractivity contribution in [3.05, 3.63) is 29.8 Å². The highest BCUT2D eigenvalue weighted by atomic mass is 16.5. The molecule has 0 heterocycles. The van der Waals surface area contributed by atoms with Crippen LogP contribution < -0.4 is 5.73 Å². The van der Waals surface area contributed by atoms with Crippen LogP contribution in [0, 0.1) is 0 Å². The molecular weight excluding hydrogens is 248 g/mol. The van der Waals surface area contributed by atoms with E-state index in [9.17, 15) is 0 Å². The van der Waals surface area contributed by atoms with Crippen LogP contribution >= 0.6 is 0 Å². The van der Waals surface area contributed by atoms with Crippen molar-refractivity contribution >= 4 is 5.69 Å². The first-order valence-corrected chi connectivity index (χ1v) is 7.84. The molecule has 2 atom stereocenters. The van der Waals surface area contributed by atoms with E-state index in [0.29, 0.717) is 12.1 Å². The Morgan fingerprint density at radius 3 is 2.80 bits per heavy atom. The van der Waals surface area contributed by atoms with Crippen molar-refractivity contribution < 1.29 is 4.74 Å². The lowest BCUT2D eigenvalue weighted by molar-refractivity contribution is 0.0255. The number of benzene rings is 1. The molecule has 3 heteroatoms. The number of hydrogen-bond donors (Lipinski definition) is 1. The van der Waals surface area contributed by atoms with E-state index in [2.05, 4.69) is 24.0 Å². The van der Waals surface area contributed by atoms with Crippen LogP contribution in [0.25, 0.3) is 0 Å². The number of rotatable bonds is 6. The number of nitrogens with zero attached hydrogens (tertiary/aromatic N) is 1. The van der Waals surface area contributed by atoms with Gasteiger partial charge in [0.2, 0.25) is 0 Å². The number of ether oxygens (including phenoxy) is 1. The average Bonchev–Trinajstić information content (AvgIpc) is 2.49. The fourth-order valence-corrected chi connectivity index (χ4v) is 3.24. The molecule has 0 bridgehead atoms. The van der Waals surface area contributed by atoms with E-state index in [1.165, 1.54) is 31.2 Å². The first-order chi connectivity index (χ1) is 9.74. The highest BCUT2D eigenvalue weighted by molar-refractivity contribution is 5.46. The number of nitrogen functional groups attached to an aromatic ring is 1. The number of para-hydroxylation sites is 1. The second kappa shape index (κ2) is 7.65. The summed E-state index contributed by atoms with van der Waals surface area (Å²) in [5, 5.41) is 0. The predicted octanol–water partition coefficient (Wildman–Crippen LogP) is 3.44. The molecular formula is C17H28N2O. The van der Waals surface area contributed by atoms with Crippen molar-refractivity contribution in [3.8, 4) is 0 Å². The van der Waals surface area contributed by atoms with Gasteiger partial charge in [0.25, 0.3) is 0 Å². The summed E-state index contributed by atoms with van der Waals surface area (Å²) >= 11 is 0. The molecule has 1 aliphatic rings. The van der Waals surface area contributed by atoms with E-state index >= 15 is 0 Å². The van der Waals surface area contributed by atoms with Crippen LogP contribution in [-0.2, 0) is 11.3 Å². The van der Waals surface area contributed by atoms with Crippen molar-refractivity contribution in [3.63, 3.8) is 0 Å². The Bertz CT molecular complexity index is 408. The van der Waals surface area contributed by atoms with Crippen LogP contribution in [0.3, 0.4) is 0 Å². The highest BCUT2D eigenvalue weighted by Gasteiger charge is 2.26. The molecule has 20 heavy (non-hydrogen) atoms. The molecule has 0 saturated heterocycles. The van der Waals surface area contributed by atoms with Crippen molar-refractivity contribution in [2.24, 2.45) is 0 Å². The summed E-state index contributed by atoms with van der Waals surface area (Å²) in [6.07, 6.45) is 6.53. The Morgan fingerprint density at radius 2 is 2.10 bits per heavy atom. The van der Waals surface area contributed by atoms with Crippen LogP contribution in [0.4, 0.5) is 5.69 Å². The monoisotopic (exact) mass is 276 g/mol. The zero-order valence-electron chi connectivity index (χ0n) is 12.8. The van der Waals surface area contributed by atoms with Gasteiger partial charge >= 0.3 is 0 Å². The lowest BCUT2D eigenvalue weighted by atomic mass is 9.91. The Balaban J connectivity index is 2.04. The van der Waals surface area contributed by atoms with E-state index in [1.807, 2.05) is 19.2 Å². The van der Waals surface area contributed by atoms with Gasteiger partial charge in [0.15, 0.2) is 0 Å². The topological polar surface area (TPSA) is 38.5 Å². The van der Waals surface area contributed by atoms with E-state index in [4.69, 9.17) is 10.5 Å². The van der Waals surface area contributed by atoms with Gasteiger partial charge < -0.3 is 10.5 Å². The molecule has 1 saturated carbocycles. The maximum Gasteiger partial charge on any atom is 0.0586 e. The van der Waals surface area contributed by atoms with Gasteiger partial charge in [-0.2, -0.15) is 0 Å². The standard InChI is InChI=1S/C17H28N2O/c1-3-11-19(13-14-7-4-5-10-17(14)18)15-8-6-9-16(12-15)20-2/h4-5,7,10,15-16H,3,6,8-9,11-13,18H2,1-2H3. The van der Waals surface area contributed by atoms with Crippen LogP contribution in [-0.4, -0.2) is 30.7 Å². The Kier molecular flexibility index (Phi) is 5.86. The quantitative estimate of drug-likeness (QED) is 0.809. The Morgan fingerprint density at radius 1 is 1.30 bits per heavy atom. The van der Waals surface area contributed by atoms with Crippen molar-refractivity contribution in [2.45, 2.75) is 57.7 Å². The van der Waals surface area contributed by atoms with Gasteiger partial charge in [-0.05, 0) is 50.3 Å².